The summed E-state index contributed by atoms with van der Waals surface area (Å²) in [6.07, 6.45) is 13.0. The van der Waals surface area contributed by atoms with Crippen LogP contribution in [0.2, 0.25) is 0 Å². The average Bonchev–Trinajstić information content (AvgIpc) is 2.74. The third kappa shape index (κ3) is 2.23. The van der Waals surface area contributed by atoms with Crippen LogP contribution < -0.4 is 5.73 Å². The Labute approximate surface area is 111 Å². The Morgan fingerprint density at radius 1 is 1.28 bits per heavy atom. The van der Waals surface area contributed by atoms with Gasteiger partial charge in [-0.25, -0.2) is 0 Å². The van der Waals surface area contributed by atoms with Crippen LogP contribution >= 0.6 is 0 Å². The number of nitrogens with two attached hydrogens (primary N) is 1. The van der Waals surface area contributed by atoms with Crippen LogP contribution in [0.4, 0.5) is 0 Å². The Morgan fingerprint density at radius 3 is 2.83 bits per heavy atom. The largest absolute Gasteiger partial charge is 0.351 e. The quantitative estimate of drug-likeness (QED) is 0.845. The van der Waals surface area contributed by atoms with Crippen LogP contribution in [0, 0.1) is 5.41 Å². The Kier molecular flexibility index (Phi) is 3.23. The molecule has 2 heteroatoms. The van der Waals surface area contributed by atoms with E-state index in [1.54, 1.807) is 0 Å². The predicted octanol–water partition coefficient (Wildman–Crippen LogP) is 3.79. The molecule has 0 bridgehead atoms. The molecule has 1 atom stereocenters. The minimum Gasteiger partial charge on any atom is -0.351 e. The fraction of sp³-hybridized carbons (Fsp3) is 0.750. The molecular weight excluding hydrogens is 220 g/mol. The summed E-state index contributed by atoms with van der Waals surface area (Å²) in [7, 11) is 0. The lowest BCUT2D eigenvalue weighted by Crippen LogP contribution is -2.27. The van der Waals surface area contributed by atoms with E-state index in [-0.39, 0.29) is 6.04 Å². The Bertz CT molecular complexity index is 413. The molecule has 100 valence electrons. The van der Waals surface area contributed by atoms with Gasteiger partial charge in [0.1, 0.15) is 0 Å². The van der Waals surface area contributed by atoms with Crippen molar-refractivity contribution >= 4 is 0 Å². The molecule has 0 saturated heterocycles. The highest BCUT2D eigenvalue weighted by Crippen LogP contribution is 2.39. The maximum absolute atomic E-state index is 6.21. The van der Waals surface area contributed by atoms with Gasteiger partial charge in [-0.2, -0.15) is 0 Å². The van der Waals surface area contributed by atoms with Crippen LogP contribution in [0.1, 0.15) is 69.2 Å². The molecule has 1 fully saturated rings. The van der Waals surface area contributed by atoms with E-state index in [2.05, 4.69) is 23.8 Å². The third-order valence-corrected chi connectivity index (χ3v) is 5.05. The number of hydrogen-bond acceptors (Lipinski definition) is 1. The van der Waals surface area contributed by atoms with Crippen LogP contribution in [-0.2, 0) is 13.0 Å². The molecule has 2 N–H and O–H groups in total. The van der Waals surface area contributed by atoms with Crippen molar-refractivity contribution in [3.05, 3.63) is 23.5 Å². The van der Waals surface area contributed by atoms with Gasteiger partial charge in [0, 0.05) is 24.5 Å². The first-order valence-electron chi connectivity index (χ1n) is 7.61. The fourth-order valence-electron chi connectivity index (χ4n) is 3.92. The topological polar surface area (TPSA) is 30.9 Å². The Balaban J connectivity index is 1.80. The van der Waals surface area contributed by atoms with Gasteiger partial charge in [-0.15, -0.1) is 0 Å². The lowest BCUT2D eigenvalue weighted by Gasteiger charge is -2.35. The zero-order chi connectivity index (χ0) is 12.6. The average molecular weight is 246 g/mol. The number of nitrogens with zero attached hydrogens (tertiary/aromatic N) is 1. The van der Waals surface area contributed by atoms with E-state index in [0.29, 0.717) is 5.41 Å². The molecule has 0 radical (unpaired) electrons. The normalized spacial score (nSPS) is 26.9. The van der Waals surface area contributed by atoms with Gasteiger partial charge in [0.2, 0.25) is 0 Å². The highest BCUT2D eigenvalue weighted by atomic mass is 15.0. The van der Waals surface area contributed by atoms with E-state index in [9.17, 15) is 0 Å². The van der Waals surface area contributed by atoms with Crippen molar-refractivity contribution in [1.29, 1.82) is 0 Å². The van der Waals surface area contributed by atoms with Crippen LogP contribution in [0.5, 0.6) is 0 Å². The zero-order valence-electron chi connectivity index (χ0n) is 11.6. The van der Waals surface area contributed by atoms with Gasteiger partial charge in [-0.05, 0) is 49.1 Å². The van der Waals surface area contributed by atoms with Crippen molar-refractivity contribution < 1.29 is 0 Å². The smallest absolute Gasteiger partial charge is 0.0312 e. The first-order chi connectivity index (χ1) is 8.68. The molecule has 2 aliphatic rings. The molecule has 18 heavy (non-hydrogen) atoms. The van der Waals surface area contributed by atoms with E-state index in [4.69, 9.17) is 5.73 Å². The highest BCUT2D eigenvalue weighted by Gasteiger charge is 2.29. The second-order valence-electron chi connectivity index (χ2n) is 6.72. The lowest BCUT2D eigenvalue weighted by molar-refractivity contribution is 0.181. The minimum atomic E-state index is 0.286. The Hall–Kier alpha value is -0.760. The van der Waals surface area contributed by atoms with Crippen LogP contribution in [0.3, 0.4) is 0 Å². The summed E-state index contributed by atoms with van der Waals surface area (Å²) in [5.74, 6) is 0. The second-order valence-corrected chi connectivity index (χ2v) is 6.72. The summed E-state index contributed by atoms with van der Waals surface area (Å²) in [5.41, 5.74) is 9.68. The van der Waals surface area contributed by atoms with Crippen molar-refractivity contribution in [3.63, 3.8) is 0 Å². The molecule has 0 amide bonds. The summed E-state index contributed by atoms with van der Waals surface area (Å²) < 4.78 is 2.51. The van der Waals surface area contributed by atoms with Crippen molar-refractivity contribution in [2.75, 3.05) is 0 Å². The number of hydrogen-bond donors (Lipinski definition) is 1. The molecule has 1 aromatic rings. The van der Waals surface area contributed by atoms with Gasteiger partial charge in [-0.1, -0.05) is 26.2 Å². The summed E-state index contributed by atoms with van der Waals surface area (Å²) in [5, 5.41) is 0. The van der Waals surface area contributed by atoms with Gasteiger partial charge < -0.3 is 10.3 Å². The van der Waals surface area contributed by atoms with Gasteiger partial charge >= 0.3 is 0 Å². The monoisotopic (exact) mass is 246 g/mol. The molecule has 2 nitrogen and oxygen atoms in total. The van der Waals surface area contributed by atoms with E-state index >= 15 is 0 Å². The number of fused-ring (bicyclic) bond motifs is 1. The Morgan fingerprint density at radius 2 is 2.06 bits per heavy atom. The van der Waals surface area contributed by atoms with Crippen LogP contribution in [0.15, 0.2) is 12.3 Å². The van der Waals surface area contributed by atoms with Crippen molar-refractivity contribution in [2.24, 2.45) is 11.1 Å². The SMILES string of the molecule is CC1(Cn2ccc3c2CCCC3N)CCCCC1. The fourth-order valence-corrected chi connectivity index (χ4v) is 3.92. The maximum atomic E-state index is 6.21. The van der Waals surface area contributed by atoms with Crippen LogP contribution in [-0.4, -0.2) is 4.57 Å². The third-order valence-electron chi connectivity index (χ3n) is 5.05. The van der Waals surface area contributed by atoms with Crippen LogP contribution in [0.25, 0.3) is 0 Å². The molecular formula is C16H26N2. The molecule has 0 spiro atoms. The van der Waals surface area contributed by atoms with Gasteiger partial charge in [0.15, 0.2) is 0 Å². The number of aromatic nitrogens is 1. The summed E-state index contributed by atoms with van der Waals surface area (Å²) in [6.45, 7) is 3.68. The van der Waals surface area contributed by atoms with Gasteiger partial charge in [-0.3, -0.25) is 0 Å². The summed E-state index contributed by atoms with van der Waals surface area (Å²) in [4.78, 5) is 0. The van der Waals surface area contributed by atoms with Crippen molar-refractivity contribution in [2.45, 2.75) is 70.9 Å². The first kappa shape index (κ1) is 12.3. The summed E-state index contributed by atoms with van der Waals surface area (Å²) >= 11 is 0. The van der Waals surface area contributed by atoms with Crippen molar-refractivity contribution in [3.8, 4) is 0 Å². The van der Waals surface area contributed by atoms with E-state index in [1.807, 2.05) is 0 Å². The highest BCUT2D eigenvalue weighted by molar-refractivity contribution is 5.28. The molecule has 0 aromatic carbocycles. The minimum absolute atomic E-state index is 0.286. The number of rotatable bonds is 2. The maximum Gasteiger partial charge on any atom is 0.0312 e. The first-order valence-corrected chi connectivity index (χ1v) is 7.61. The van der Waals surface area contributed by atoms with Gasteiger partial charge in [0.05, 0.1) is 0 Å². The van der Waals surface area contributed by atoms with E-state index in [0.717, 1.165) is 6.42 Å². The molecule has 1 heterocycles. The molecule has 2 aliphatic carbocycles. The summed E-state index contributed by atoms with van der Waals surface area (Å²) in [6, 6.07) is 2.56. The van der Waals surface area contributed by atoms with E-state index < -0.39 is 0 Å². The van der Waals surface area contributed by atoms with Gasteiger partial charge in [0.25, 0.3) is 0 Å². The zero-order valence-corrected chi connectivity index (χ0v) is 11.6. The molecule has 1 unspecified atom stereocenters. The van der Waals surface area contributed by atoms with E-state index in [1.165, 1.54) is 62.7 Å². The predicted molar refractivity (Wildman–Crippen MR) is 75.5 cm³/mol. The molecule has 0 aliphatic heterocycles. The standard InChI is InChI=1S/C16H26N2/c1-16(9-3-2-4-10-16)12-18-11-8-13-14(17)6-5-7-15(13)18/h8,11,14H,2-7,9-10,12,17H2,1H3. The lowest BCUT2D eigenvalue weighted by atomic mass is 9.75. The molecule has 1 aromatic heterocycles. The second kappa shape index (κ2) is 4.73. The molecule has 1 saturated carbocycles. The molecule has 3 rings (SSSR count). The van der Waals surface area contributed by atoms with Crippen molar-refractivity contribution in [1.82, 2.24) is 4.57 Å².